The molecule has 1 aliphatic rings. The molecule has 5 heteroatoms. The van der Waals surface area contributed by atoms with Gasteiger partial charge in [0.2, 0.25) is 11.7 Å². The van der Waals surface area contributed by atoms with Crippen LogP contribution in [-0.2, 0) is 0 Å². The van der Waals surface area contributed by atoms with Gasteiger partial charge in [0.15, 0.2) is 0 Å². The van der Waals surface area contributed by atoms with Gasteiger partial charge in [-0.2, -0.15) is 4.98 Å². The number of pyridine rings is 1. The molecule has 2 atom stereocenters. The molecular weight excluding hydrogens is 264 g/mol. The maximum Gasteiger partial charge on any atom is 0.231 e. The lowest BCUT2D eigenvalue weighted by molar-refractivity contribution is 0.263. The summed E-state index contributed by atoms with van der Waals surface area (Å²) < 4.78 is 5.54. The third-order valence-corrected chi connectivity index (χ3v) is 4.10. The minimum atomic E-state index is 0.336. The molecule has 2 aromatic rings. The summed E-state index contributed by atoms with van der Waals surface area (Å²) in [6, 6.07) is 4.30. The predicted octanol–water partition coefficient (Wildman–Crippen LogP) is 3.16. The zero-order chi connectivity index (χ0) is 14.5. The molecule has 1 fully saturated rings. The third kappa shape index (κ3) is 3.29. The second-order valence-electron chi connectivity index (χ2n) is 5.65. The van der Waals surface area contributed by atoms with Crippen molar-refractivity contribution in [2.45, 2.75) is 51.0 Å². The van der Waals surface area contributed by atoms with E-state index in [0.717, 1.165) is 30.8 Å². The van der Waals surface area contributed by atoms with E-state index in [4.69, 9.17) is 4.52 Å². The summed E-state index contributed by atoms with van der Waals surface area (Å²) >= 11 is 0. The van der Waals surface area contributed by atoms with Crippen LogP contribution in [0, 0.1) is 0 Å². The van der Waals surface area contributed by atoms with Crippen LogP contribution in [0.25, 0.3) is 11.4 Å². The molecule has 0 aromatic carbocycles. The van der Waals surface area contributed by atoms with Crippen molar-refractivity contribution in [2.75, 3.05) is 6.54 Å². The number of nitrogens with zero attached hydrogens (tertiary/aromatic N) is 3. The molecule has 0 radical (unpaired) electrons. The van der Waals surface area contributed by atoms with Crippen LogP contribution in [0.1, 0.15) is 50.8 Å². The lowest BCUT2D eigenvalue weighted by Gasteiger charge is -2.29. The van der Waals surface area contributed by atoms with Gasteiger partial charge in [0.05, 0.1) is 5.92 Å². The zero-order valence-corrected chi connectivity index (χ0v) is 12.5. The highest BCUT2D eigenvalue weighted by Gasteiger charge is 2.30. The fourth-order valence-corrected chi connectivity index (χ4v) is 3.00. The zero-order valence-electron chi connectivity index (χ0n) is 12.5. The summed E-state index contributed by atoms with van der Waals surface area (Å²) in [4.78, 5) is 8.71. The first-order valence-electron chi connectivity index (χ1n) is 7.86. The normalized spacial score (nSPS) is 22.3. The smallest absolute Gasteiger partial charge is 0.231 e. The van der Waals surface area contributed by atoms with E-state index in [2.05, 4.69) is 27.4 Å². The van der Waals surface area contributed by atoms with Crippen molar-refractivity contribution in [3.05, 3.63) is 30.4 Å². The fourth-order valence-electron chi connectivity index (χ4n) is 3.00. The van der Waals surface area contributed by atoms with Gasteiger partial charge in [0.25, 0.3) is 0 Å². The molecule has 2 unspecified atom stereocenters. The number of hydrogen-bond donors (Lipinski definition) is 1. The molecule has 1 N–H and O–H groups in total. The van der Waals surface area contributed by atoms with Crippen LogP contribution >= 0.6 is 0 Å². The molecule has 3 rings (SSSR count). The van der Waals surface area contributed by atoms with Gasteiger partial charge < -0.3 is 9.84 Å². The first-order valence-corrected chi connectivity index (χ1v) is 7.86. The highest BCUT2D eigenvalue weighted by atomic mass is 16.5. The number of rotatable bonds is 5. The van der Waals surface area contributed by atoms with Crippen molar-refractivity contribution in [3.8, 4) is 11.4 Å². The van der Waals surface area contributed by atoms with Gasteiger partial charge in [-0.1, -0.05) is 24.9 Å². The first-order chi connectivity index (χ1) is 10.4. The van der Waals surface area contributed by atoms with Crippen LogP contribution in [0.4, 0.5) is 0 Å². The van der Waals surface area contributed by atoms with Gasteiger partial charge in [-0.15, -0.1) is 0 Å². The Balaban J connectivity index is 1.77. The molecule has 0 amide bonds. The standard InChI is InChI=1S/C16H22N4O/c1-2-9-18-14-8-4-3-7-13(14)16-19-15(20-21-16)12-6-5-10-17-11-12/h5-6,10-11,13-14,18H,2-4,7-9H2,1H3. The number of aromatic nitrogens is 3. The molecule has 5 nitrogen and oxygen atoms in total. The Hall–Kier alpha value is -1.75. The van der Waals surface area contributed by atoms with Crippen molar-refractivity contribution in [1.29, 1.82) is 0 Å². The molecule has 0 saturated heterocycles. The average Bonchev–Trinajstić information content (AvgIpc) is 3.04. The summed E-state index contributed by atoms with van der Waals surface area (Å²) in [6.07, 6.45) is 9.49. The van der Waals surface area contributed by atoms with E-state index in [9.17, 15) is 0 Å². The number of nitrogens with one attached hydrogen (secondary N) is 1. The van der Waals surface area contributed by atoms with Gasteiger partial charge in [0.1, 0.15) is 0 Å². The second-order valence-corrected chi connectivity index (χ2v) is 5.65. The molecule has 0 aliphatic heterocycles. The van der Waals surface area contributed by atoms with Gasteiger partial charge >= 0.3 is 0 Å². The van der Waals surface area contributed by atoms with Crippen LogP contribution in [0.3, 0.4) is 0 Å². The van der Waals surface area contributed by atoms with Crippen LogP contribution in [0.15, 0.2) is 29.0 Å². The Kier molecular flexibility index (Phi) is 4.60. The van der Waals surface area contributed by atoms with Crippen molar-refractivity contribution < 1.29 is 4.52 Å². The number of hydrogen-bond acceptors (Lipinski definition) is 5. The third-order valence-electron chi connectivity index (χ3n) is 4.10. The molecule has 2 heterocycles. The second kappa shape index (κ2) is 6.80. The van der Waals surface area contributed by atoms with Gasteiger partial charge in [0, 0.05) is 24.0 Å². The first kappa shape index (κ1) is 14.2. The maximum atomic E-state index is 5.54. The molecule has 0 bridgehead atoms. The summed E-state index contributed by atoms with van der Waals surface area (Å²) in [5, 5.41) is 7.75. The summed E-state index contributed by atoms with van der Waals surface area (Å²) in [6.45, 7) is 3.24. The topological polar surface area (TPSA) is 63.8 Å². The lowest BCUT2D eigenvalue weighted by Crippen LogP contribution is -2.37. The van der Waals surface area contributed by atoms with Crippen molar-refractivity contribution in [3.63, 3.8) is 0 Å². The van der Waals surface area contributed by atoms with Crippen LogP contribution < -0.4 is 5.32 Å². The summed E-state index contributed by atoms with van der Waals surface area (Å²) in [5.74, 6) is 1.74. The van der Waals surface area contributed by atoms with E-state index in [1.165, 1.54) is 19.3 Å². The fraction of sp³-hybridized carbons (Fsp3) is 0.562. The van der Waals surface area contributed by atoms with Crippen LogP contribution in [-0.4, -0.2) is 27.7 Å². The van der Waals surface area contributed by atoms with E-state index >= 15 is 0 Å². The van der Waals surface area contributed by atoms with Crippen LogP contribution in [0.2, 0.25) is 0 Å². The molecule has 0 spiro atoms. The Morgan fingerprint density at radius 3 is 3.05 bits per heavy atom. The highest BCUT2D eigenvalue weighted by molar-refractivity contribution is 5.51. The van der Waals surface area contributed by atoms with E-state index in [-0.39, 0.29) is 0 Å². The molecule has 2 aromatic heterocycles. The monoisotopic (exact) mass is 286 g/mol. The SMILES string of the molecule is CCCNC1CCCCC1c1nc(-c2cccnc2)no1. The average molecular weight is 286 g/mol. The Labute approximate surface area is 125 Å². The molecule has 112 valence electrons. The predicted molar refractivity (Wildman–Crippen MR) is 80.8 cm³/mol. The van der Waals surface area contributed by atoms with Gasteiger partial charge in [-0.25, -0.2) is 0 Å². The van der Waals surface area contributed by atoms with E-state index in [1.807, 2.05) is 12.1 Å². The molecular formula is C16H22N4O. The Morgan fingerprint density at radius 2 is 2.24 bits per heavy atom. The van der Waals surface area contributed by atoms with Gasteiger partial charge in [-0.05, 0) is 37.9 Å². The molecule has 21 heavy (non-hydrogen) atoms. The van der Waals surface area contributed by atoms with Crippen LogP contribution in [0.5, 0.6) is 0 Å². The van der Waals surface area contributed by atoms with Crippen molar-refractivity contribution in [1.82, 2.24) is 20.4 Å². The minimum Gasteiger partial charge on any atom is -0.339 e. The summed E-state index contributed by atoms with van der Waals surface area (Å²) in [7, 11) is 0. The van der Waals surface area contributed by atoms with E-state index < -0.39 is 0 Å². The van der Waals surface area contributed by atoms with Gasteiger partial charge in [-0.3, -0.25) is 4.98 Å². The quantitative estimate of drug-likeness (QED) is 0.914. The molecule has 1 saturated carbocycles. The Bertz CT molecular complexity index is 554. The summed E-state index contributed by atoms with van der Waals surface area (Å²) in [5.41, 5.74) is 0.904. The lowest BCUT2D eigenvalue weighted by atomic mass is 9.84. The van der Waals surface area contributed by atoms with E-state index in [1.54, 1.807) is 12.4 Å². The minimum absolute atomic E-state index is 0.336. The molecule has 1 aliphatic carbocycles. The maximum absolute atomic E-state index is 5.54. The van der Waals surface area contributed by atoms with E-state index in [0.29, 0.717) is 17.8 Å². The highest BCUT2D eigenvalue weighted by Crippen LogP contribution is 2.33. The van der Waals surface area contributed by atoms with Crippen molar-refractivity contribution in [2.24, 2.45) is 0 Å². The Morgan fingerprint density at radius 1 is 1.33 bits per heavy atom. The van der Waals surface area contributed by atoms with Crippen molar-refractivity contribution >= 4 is 0 Å². The largest absolute Gasteiger partial charge is 0.339 e.